The molecular weight excluding hydrogens is 302 g/mol. The SMILES string of the molecule is Cc1ccc(CCN(C[C@@H]2CCCO2)C(=O)c2cnn(C)c2)cc1. The second kappa shape index (κ2) is 7.62. The molecule has 5 heteroatoms. The molecule has 1 aliphatic heterocycles. The zero-order chi connectivity index (χ0) is 16.9. The predicted octanol–water partition coefficient (Wildman–Crippen LogP) is 2.59. The number of aryl methyl sites for hydroxylation is 2. The van der Waals surface area contributed by atoms with Crippen LogP contribution in [-0.2, 0) is 18.2 Å². The molecule has 0 saturated carbocycles. The first-order chi connectivity index (χ1) is 11.6. The Hall–Kier alpha value is -2.14. The maximum absolute atomic E-state index is 12.8. The van der Waals surface area contributed by atoms with E-state index in [0.29, 0.717) is 18.7 Å². The van der Waals surface area contributed by atoms with Gasteiger partial charge in [0.1, 0.15) is 0 Å². The second-order valence-electron chi connectivity index (χ2n) is 6.52. The van der Waals surface area contributed by atoms with Gasteiger partial charge in [-0.15, -0.1) is 0 Å². The highest BCUT2D eigenvalue weighted by atomic mass is 16.5. The van der Waals surface area contributed by atoms with Crippen LogP contribution in [0.15, 0.2) is 36.7 Å². The molecule has 0 aliphatic carbocycles. The van der Waals surface area contributed by atoms with Crippen LogP contribution < -0.4 is 0 Å². The van der Waals surface area contributed by atoms with Crippen molar-refractivity contribution in [1.29, 1.82) is 0 Å². The molecule has 0 bridgehead atoms. The third-order valence-electron chi connectivity index (χ3n) is 4.48. The quantitative estimate of drug-likeness (QED) is 0.819. The average molecular weight is 327 g/mol. The number of hydrogen-bond acceptors (Lipinski definition) is 3. The van der Waals surface area contributed by atoms with Crippen LogP contribution in [0.25, 0.3) is 0 Å². The fraction of sp³-hybridized carbons (Fsp3) is 0.474. The van der Waals surface area contributed by atoms with Gasteiger partial charge >= 0.3 is 0 Å². The van der Waals surface area contributed by atoms with Gasteiger partial charge in [0, 0.05) is 32.9 Å². The van der Waals surface area contributed by atoms with E-state index in [4.69, 9.17) is 4.74 Å². The number of carbonyl (C=O) groups is 1. The number of nitrogens with zero attached hydrogens (tertiary/aromatic N) is 3. The average Bonchev–Trinajstić information content (AvgIpc) is 3.24. The summed E-state index contributed by atoms with van der Waals surface area (Å²) in [6, 6.07) is 8.49. The molecule has 0 unspecified atom stereocenters. The number of hydrogen-bond donors (Lipinski definition) is 0. The van der Waals surface area contributed by atoms with Gasteiger partial charge in [0.15, 0.2) is 0 Å². The van der Waals surface area contributed by atoms with Gasteiger partial charge in [-0.05, 0) is 31.7 Å². The molecule has 1 fully saturated rings. The largest absolute Gasteiger partial charge is 0.376 e. The van der Waals surface area contributed by atoms with E-state index in [0.717, 1.165) is 25.9 Å². The first kappa shape index (κ1) is 16.7. The van der Waals surface area contributed by atoms with Crippen LogP contribution in [0.2, 0.25) is 0 Å². The maximum atomic E-state index is 12.8. The van der Waals surface area contributed by atoms with E-state index >= 15 is 0 Å². The highest BCUT2D eigenvalue weighted by Crippen LogP contribution is 2.16. The zero-order valence-electron chi connectivity index (χ0n) is 14.4. The molecule has 0 N–H and O–H groups in total. The normalized spacial score (nSPS) is 17.2. The molecule has 1 amide bonds. The van der Waals surface area contributed by atoms with Crippen molar-refractivity contribution in [2.45, 2.75) is 32.3 Å². The summed E-state index contributed by atoms with van der Waals surface area (Å²) < 4.78 is 7.39. The zero-order valence-corrected chi connectivity index (χ0v) is 14.4. The lowest BCUT2D eigenvalue weighted by Crippen LogP contribution is -2.38. The van der Waals surface area contributed by atoms with E-state index in [9.17, 15) is 4.79 Å². The summed E-state index contributed by atoms with van der Waals surface area (Å²) in [6.45, 7) is 4.23. The Morgan fingerprint density at radius 2 is 2.17 bits per heavy atom. The summed E-state index contributed by atoms with van der Waals surface area (Å²) in [5.41, 5.74) is 3.14. The third-order valence-corrected chi connectivity index (χ3v) is 4.48. The lowest BCUT2D eigenvalue weighted by atomic mass is 10.1. The first-order valence-corrected chi connectivity index (χ1v) is 8.57. The van der Waals surface area contributed by atoms with Crippen molar-refractivity contribution in [1.82, 2.24) is 14.7 Å². The van der Waals surface area contributed by atoms with E-state index in [1.807, 2.05) is 11.9 Å². The van der Waals surface area contributed by atoms with Crippen molar-refractivity contribution >= 4 is 5.91 Å². The molecule has 0 spiro atoms. The van der Waals surface area contributed by atoms with Gasteiger partial charge in [-0.25, -0.2) is 0 Å². The smallest absolute Gasteiger partial charge is 0.257 e. The summed E-state index contributed by atoms with van der Waals surface area (Å²) in [5, 5.41) is 4.12. The van der Waals surface area contributed by atoms with Gasteiger partial charge in [-0.2, -0.15) is 5.10 Å². The van der Waals surface area contributed by atoms with Gasteiger partial charge in [0.25, 0.3) is 5.91 Å². The van der Waals surface area contributed by atoms with Gasteiger partial charge in [-0.3, -0.25) is 9.48 Å². The summed E-state index contributed by atoms with van der Waals surface area (Å²) in [5.74, 6) is 0.0331. The Morgan fingerprint density at radius 1 is 1.38 bits per heavy atom. The number of benzene rings is 1. The minimum atomic E-state index is 0.0331. The number of amides is 1. The monoisotopic (exact) mass is 327 g/mol. The molecular formula is C19H25N3O2. The standard InChI is InChI=1S/C19H25N3O2/c1-15-5-7-16(8-6-15)9-10-22(14-18-4-3-11-24-18)19(23)17-12-20-21(2)13-17/h5-8,12-13,18H,3-4,9-11,14H2,1-2H3/t18-/m0/s1. The number of carbonyl (C=O) groups excluding carboxylic acids is 1. The number of rotatable bonds is 6. The molecule has 128 valence electrons. The summed E-state index contributed by atoms with van der Waals surface area (Å²) in [4.78, 5) is 14.7. The number of ether oxygens (including phenoxy) is 1. The van der Waals surface area contributed by atoms with Crippen molar-refractivity contribution in [3.8, 4) is 0 Å². The van der Waals surface area contributed by atoms with Gasteiger partial charge in [0.2, 0.25) is 0 Å². The van der Waals surface area contributed by atoms with Gasteiger partial charge < -0.3 is 9.64 Å². The Labute approximate surface area is 143 Å². The van der Waals surface area contributed by atoms with E-state index < -0.39 is 0 Å². The maximum Gasteiger partial charge on any atom is 0.257 e. The fourth-order valence-corrected chi connectivity index (χ4v) is 3.04. The van der Waals surface area contributed by atoms with Crippen LogP contribution >= 0.6 is 0 Å². The summed E-state index contributed by atoms with van der Waals surface area (Å²) in [7, 11) is 1.83. The summed E-state index contributed by atoms with van der Waals surface area (Å²) >= 11 is 0. The van der Waals surface area contributed by atoms with Gasteiger partial charge in [-0.1, -0.05) is 29.8 Å². The molecule has 1 aliphatic rings. The van der Waals surface area contributed by atoms with Crippen molar-refractivity contribution in [2.75, 3.05) is 19.7 Å². The van der Waals surface area contributed by atoms with Crippen LogP contribution in [0.4, 0.5) is 0 Å². The lowest BCUT2D eigenvalue weighted by Gasteiger charge is -2.25. The minimum absolute atomic E-state index is 0.0331. The molecule has 1 aromatic heterocycles. The van der Waals surface area contributed by atoms with Crippen LogP contribution in [0.5, 0.6) is 0 Å². The molecule has 24 heavy (non-hydrogen) atoms. The Bertz CT molecular complexity index is 672. The minimum Gasteiger partial charge on any atom is -0.376 e. The molecule has 2 heterocycles. The van der Waals surface area contributed by atoms with Gasteiger partial charge in [0.05, 0.1) is 17.9 Å². The van der Waals surface area contributed by atoms with Crippen LogP contribution in [0.1, 0.15) is 34.3 Å². The molecule has 1 atom stereocenters. The van der Waals surface area contributed by atoms with Crippen molar-refractivity contribution in [3.63, 3.8) is 0 Å². The molecule has 3 rings (SSSR count). The molecule has 1 aromatic carbocycles. The van der Waals surface area contributed by atoms with E-state index in [1.54, 1.807) is 17.1 Å². The first-order valence-electron chi connectivity index (χ1n) is 8.57. The second-order valence-corrected chi connectivity index (χ2v) is 6.52. The lowest BCUT2D eigenvalue weighted by molar-refractivity contribution is 0.0528. The topological polar surface area (TPSA) is 47.4 Å². The highest BCUT2D eigenvalue weighted by molar-refractivity contribution is 5.93. The Morgan fingerprint density at radius 3 is 2.79 bits per heavy atom. The van der Waals surface area contributed by atoms with E-state index in [1.165, 1.54) is 11.1 Å². The van der Waals surface area contributed by atoms with Crippen LogP contribution in [0, 0.1) is 6.92 Å². The Kier molecular flexibility index (Phi) is 5.30. The van der Waals surface area contributed by atoms with Crippen molar-refractivity contribution in [3.05, 3.63) is 53.3 Å². The highest BCUT2D eigenvalue weighted by Gasteiger charge is 2.24. The number of aromatic nitrogens is 2. The van der Waals surface area contributed by atoms with E-state index in [2.05, 4.69) is 36.3 Å². The third kappa shape index (κ3) is 4.23. The molecule has 2 aromatic rings. The van der Waals surface area contributed by atoms with Crippen LogP contribution in [0.3, 0.4) is 0 Å². The predicted molar refractivity (Wildman–Crippen MR) is 93.0 cm³/mol. The molecule has 1 saturated heterocycles. The van der Waals surface area contributed by atoms with Crippen molar-refractivity contribution in [2.24, 2.45) is 7.05 Å². The van der Waals surface area contributed by atoms with E-state index in [-0.39, 0.29) is 12.0 Å². The van der Waals surface area contributed by atoms with Crippen LogP contribution in [-0.4, -0.2) is 46.4 Å². The fourth-order valence-electron chi connectivity index (χ4n) is 3.04. The molecule has 5 nitrogen and oxygen atoms in total. The summed E-state index contributed by atoms with van der Waals surface area (Å²) in [6.07, 6.45) is 6.52. The van der Waals surface area contributed by atoms with Crippen molar-refractivity contribution < 1.29 is 9.53 Å². The Balaban J connectivity index is 1.68. The molecule has 0 radical (unpaired) electrons.